The molecule has 0 aliphatic rings. The van der Waals surface area contributed by atoms with Crippen molar-refractivity contribution in [3.63, 3.8) is 0 Å². The predicted molar refractivity (Wildman–Crippen MR) is 85.6 cm³/mol. The highest BCUT2D eigenvalue weighted by Gasteiger charge is 2.13. The fourth-order valence-corrected chi connectivity index (χ4v) is 4.26. The number of nitrogens with zero attached hydrogens (tertiary/aromatic N) is 2. The van der Waals surface area contributed by atoms with Gasteiger partial charge in [-0.1, -0.05) is 36.4 Å². The van der Waals surface area contributed by atoms with E-state index in [0.29, 0.717) is 0 Å². The molecule has 0 atom stereocenters. The minimum absolute atomic E-state index is 1.17. The van der Waals surface area contributed by atoms with Gasteiger partial charge in [-0.3, -0.25) is 0 Å². The molecule has 94 valence electrons. The monoisotopic (exact) mass is 274 g/mol. The predicted octanol–water partition coefficient (Wildman–Crippen LogP) is 4.86. The van der Waals surface area contributed by atoms with Crippen LogP contribution in [0.15, 0.2) is 60.8 Å². The zero-order valence-corrected chi connectivity index (χ0v) is 11.4. The van der Waals surface area contributed by atoms with Crippen LogP contribution in [0.3, 0.4) is 0 Å². The van der Waals surface area contributed by atoms with E-state index in [9.17, 15) is 0 Å². The van der Waals surface area contributed by atoms with Crippen LogP contribution in [0.4, 0.5) is 0 Å². The third-order valence-electron chi connectivity index (χ3n) is 3.87. The van der Waals surface area contributed by atoms with Gasteiger partial charge in [0.1, 0.15) is 0 Å². The third kappa shape index (κ3) is 1.16. The van der Waals surface area contributed by atoms with Crippen molar-refractivity contribution in [1.82, 2.24) is 9.61 Å². The summed E-state index contributed by atoms with van der Waals surface area (Å²) in [7, 11) is 0. The lowest BCUT2D eigenvalue weighted by molar-refractivity contribution is 1.01. The summed E-state index contributed by atoms with van der Waals surface area (Å²) >= 11 is 1.85. The molecule has 0 N–H and O–H groups in total. The Kier molecular flexibility index (Phi) is 1.86. The quantitative estimate of drug-likeness (QED) is 0.394. The second kappa shape index (κ2) is 3.58. The van der Waals surface area contributed by atoms with Gasteiger partial charge in [0.05, 0.1) is 21.9 Å². The molecule has 0 saturated carbocycles. The van der Waals surface area contributed by atoms with Gasteiger partial charge >= 0.3 is 0 Å². The molecule has 2 nitrogen and oxygen atoms in total. The second-order valence-corrected chi connectivity index (χ2v) is 6.00. The molecule has 20 heavy (non-hydrogen) atoms. The van der Waals surface area contributed by atoms with Crippen molar-refractivity contribution in [2.75, 3.05) is 0 Å². The van der Waals surface area contributed by atoms with Gasteiger partial charge in [0.25, 0.3) is 0 Å². The molecular formula is C17H10N2S. The number of thiophene rings is 1. The van der Waals surface area contributed by atoms with Crippen LogP contribution in [-0.2, 0) is 0 Å². The standard InChI is InChI=1S/C17H10N2S/c1-3-7-13-11(5-1)16-12-6-2-4-8-15(12)20-17(16)14-9-10-18-19(13)14/h1-10H. The summed E-state index contributed by atoms with van der Waals surface area (Å²) in [5.41, 5.74) is 2.36. The van der Waals surface area contributed by atoms with Crippen LogP contribution in [0, 0.1) is 0 Å². The van der Waals surface area contributed by atoms with Crippen molar-refractivity contribution in [3.05, 3.63) is 60.8 Å². The van der Waals surface area contributed by atoms with E-state index in [4.69, 9.17) is 0 Å². The van der Waals surface area contributed by atoms with E-state index in [1.165, 1.54) is 36.6 Å². The molecular weight excluding hydrogens is 264 g/mol. The van der Waals surface area contributed by atoms with Crippen LogP contribution in [0.2, 0.25) is 0 Å². The van der Waals surface area contributed by atoms with Gasteiger partial charge in [-0.15, -0.1) is 11.3 Å². The summed E-state index contributed by atoms with van der Waals surface area (Å²) in [5.74, 6) is 0. The Labute approximate surface area is 118 Å². The number of hydrogen-bond acceptors (Lipinski definition) is 2. The topological polar surface area (TPSA) is 17.3 Å². The number of hydrogen-bond donors (Lipinski definition) is 0. The van der Waals surface area contributed by atoms with Gasteiger partial charge in [-0.25, -0.2) is 4.52 Å². The molecule has 5 rings (SSSR count). The molecule has 2 aromatic carbocycles. The Morgan fingerprint density at radius 2 is 1.60 bits per heavy atom. The first-order valence-corrected chi connectivity index (χ1v) is 7.41. The summed E-state index contributed by atoms with van der Waals surface area (Å²) < 4.78 is 4.71. The van der Waals surface area contributed by atoms with Crippen molar-refractivity contribution in [2.24, 2.45) is 0 Å². The van der Waals surface area contributed by atoms with E-state index in [2.05, 4.69) is 59.7 Å². The molecule has 0 radical (unpaired) electrons. The Morgan fingerprint density at radius 1 is 0.800 bits per heavy atom. The molecule has 0 aliphatic carbocycles. The van der Waals surface area contributed by atoms with Crippen molar-refractivity contribution in [3.8, 4) is 0 Å². The smallest absolute Gasteiger partial charge is 0.0847 e. The third-order valence-corrected chi connectivity index (χ3v) is 5.07. The molecule has 0 spiro atoms. The zero-order valence-electron chi connectivity index (χ0n) is 10.6. The maximum absolute atomic E-state index is 4.49. The maximum atomic E-state index is 4.49. The molecule has 0 bridgehead atoms. The molecule has 3 heterocycles. The van der Waals surface area contributed by atoms with Crippen LogP contribution >= 0.6 is 11.3 Å². The Hall–Kier alpha value is -2.39. The van der Waals surface area contributed by atoms with Crippen molar-refractivity contribution in [2.45, 2.75) is 0 Å². The average Bonchev–Trinajstić information content (AvgIpc) is 3.12. The molecule has 0 fully saturated rings. The van der Waals surface area contributed by atoms with Crippen LogP contribution in [0.1, 0.15) is 0 Å². The largest absolute Gasteiger partial charge is 0.232 e. The van der Waals surface area contributed by atoms with Gasteiger partial charge in [-0.05, 0) is 18.2 Å². The van der Waals surface area contributed by atoms with Crippen molar-refractivity contribution >= 4 is 47.9 Å². The lowest BCUT2D eigenvalue weighted by Gasteiger charge is -2.04. The number of rotatable bonds is 0. The number of aromatic nitrogens is 2. The number of benzene rings is 2. The molecule has 0 aliphatic heterocycles. The molecule has 0 saturated heterocycles. The number of pyridine rings is 1. The highest BCUT2D eigenvalue weighted by atomic mass is 32.1. The fourth-order valence-electron chi connectivity index (χ4n) is 3.03. The molecule has 3 aromatic heterocycles. The Bertz CT molecular complexity index is 1100. The van der Waals surface area contributed by atoms with E-state index in [0.717, 1.165) is 0 Å². The van der Waals surface area contributed by atoms with E-state index < -0.39 is 0 Å². The van der Waals surface area contributed by atoms with Gasteiger partial charge in [0.15, 0.2) is 0 Å². The minimum atomic E-state index is 1.17. The van der Waals surface area contributed by atoms with Crippen molar-refractivity contribution < 1.29 is 0 Å². The average molecular weight is 274 g/mol. The molecule has 5 aromatic rings. The summed E-state index contributed by atoms with van der Waals surface area (Å²) in [4.78, 5) is 0. The number of para-hydroxylation sites is 1. The van der Waals surface area contributed by atoms with Gasteiger partial charge < -0.3 is 0 Å². The van der Waals surface area contributed by atoms with E-state index in [1.54, 1.807) is 0 Å². The zero-order chi connectivity index (χ0) is 13.1. The lowest BCUT2D eigenvalue weighted by atomic mass is 10.1. The summed E-state index contributed by atoms with van der Waals surface area (Å²) in [6.07, 6.45) is 1.88. The second-order valence-electron chi connectivity index (χ2n) is 4.95. The first-order chi connectivity index (χ1) is 9.93. The maximum Gasteiger partial charge on any atom is 0.0847 e. The minimum Gasteiger partial charge on any atom is -0.232 e. The molecule has 0 unspecified atom stereocenters. The van der Waals surface area contributed by atoms with Crippen LogP contribution in [-0.4, -0.2) is 9.61 Å². The van der Waals surface area contributed by atoms with E-state index in [1.807, 2.05) is 22.0 Å². The van der Waals surface area contributed by atoms with E-state index in [-0.39, 0.29) is 0 Å². The normalized spacial score (nSPS) is 12.0. The van der Waals surface area contributed by atoms with Crippen LogP contribution < -0.4 is 0 Å². The SMILES string of the molecule is c1ccc2c(c1)sc1c2c2ccccc2n2nccc12. The Morgan fingerprint density at radius 3 is 2.55 bits per heavy atom. The summed E-state index contributed by atoms with van der Waals surface area (Å²) in [6, 6.07) is 19.2. The summed E-state index contributed by atoms with van der Waals surface area (Å²) in [5, 5.41) is 8.46. The number of fused-ring (bicyclic) bond motifs is 8. The van der Waals surface area contributed by atoms with Gasteiger partial charge in [-0.2, -0.15) is 5.10 Å². The van der Waals surface area contributed by atoms with Gasteiger partial charge in [0, 0.05) is 20.9 Å². The van der Waals surface area contributed by atoms with Crippen LogP contribution in [0.5, 0.6) is 0 Å². The first-order valence-electron chi connectivity index (χ1n) is 6.59. The summed E-state index contributed by atoms with van der Waals surface area (Å²) in [6.45, 7) is 0. The highest BCUT2D eigenvalue weighted by molar-refractivity contribution is 7.26. The fraction of sp³-hybridized carbons (Fsp3) is 0. The first kappa shape index (κ1) is 10.4. The van der Waals surface area contributed by atoms with Crippen LogP contribution in [0.25, 0.3) is 36.6 Å². The lowest BCUT2D eigenvalue weighted by Crippen LogP contribution is -1.90. The van der Waals surface area contributed by atoms with Crippen molar-refractivity contribution in [1.29, 1.82) is 0 Å². The highest BCUT2D eigenvalue weighted by Crippen LogP contribution is 2.40. The Balaban J connectivity index is 2.27. The molecule has 3 heteroatoms. The van der Waals surface area contributed by atoms with Gasteiger partial charge in [0.2, 0.25) is 0 Å². The molecule has 0 amide bonds. The van der Waals surface area contributed by atoms with E-state index >= 15 is 0 Å².